The summed E-state index contributed by atoms with van der Waals surface area (Å²) in [7, 11) is 2.13. The van der Waals surface area contributed by atoms with Crippen LogP contribution in [-0.2, 0) is 9.59 Å². The Morgan fingerprint density at radius 2 is 1.41 bits per heavy atom. The van der Waals surface area contributed by atoms with Gasteiger partial charge in [-0.15, -0.1) is 0 Å². The van der Waals surface area contributed by atoms with E-state index in [9.17, 15) is 9.59 Å². The van der Waals surface area contributed by atoms with E-state index in [2.05, 4.69) is 25.8 Å². The maximum absolute atomic E-state index is 12.3. The highest BCUT2D eigenvalue weighted by molar-refractivity contribution is 6.24. The van der Waals surface area contributed by atoms with Gasteiger partial charge in [0.1, 0.15) is 0 Å². The predicted octanol–water partition coefficient (Wildman–Crippen LogP) is 3.94. The summed E-state index contributed by atoms with van der Waals surface area (Å²) in [6.07, 6.45) is 4.10. The first kappa shape index (κ1) is 18.8. The zero-order valence-electron chi connectivity index (χ0n) is 15.1. The molecule has 0 aromatic rings. The van der Waals surface area contributed by atoms with Crippen molar-refractivity contribution < 1.29 is 9.59 Å². The molecule has 0 aromatic heterocycles. The largest absolute Gasteiger partial charge is 0.306 e. The minimum Gasteiger partial charge on any atom is -0.306 e. The van der Waals surface area contributed by atoms with Gasteiger partial charge in [0.05, 0.1) is 0 Å². The van der Waals surface area contributed by atoms with Crippen LogP contribution in [0.2, 0.25) is 0 Å². The number of carbonyl (C=O) groups excluding carboxylic acids is 2. The molecule has 0 N–H and O–H groups in total. The third-order valence-corrected chi connectivity index (χ3v) is 4.60. The molecule has 22 heavy (non-hydrogen) atoms. The van der Waals surface area contributed by atoms with Crippen LogP contribution in [0, 0.1) is 5.92 Å². The summed E-state index contributed by atoms with van der Waals surface area (Å²) in [5.41, 5.74) is 2.60. The van der Waals surface area contributed by atoms with Gasteiger partial charge in [-0.05, 0) is 72.5 Å². The monoisotopic (exact) mass is 305 g/mol. The molecule has 1 aliphatic rings. The molecule has 0 saturated carbocycles. The van der Waals surface area contributed by atoms with E-state index in [1.807, 2.05) is 0 Å². The number of hydrogen-bond acceptors (Lipinski definition) is 3. The van der Waals surface area contributed by atoms with E-state index >= 15 is 0 Å². The summed E-state index contributed by atoms with van der Waals surface area (Å²) in [4.78, 5) is 26.8. The highest BCUT2D eigenvalue weighted by atomic mass is 16.1. The number of ketones is 2. The van der Waals surface area contributed by atoms with Crippen LogP contribution in [0.15, 0.2) is 22.3 Å². The molecule has 0 heterocycles. The standard InChI is InChI=1S/C19H31NO2/c1-13(2)9-7-11-20(6)12-8-10-17-16(5)18(21)14(3)15(4)19(17)22/h13H,7-12H2,1-6H3. The molecule has 124 valence electrons. The zero-order chi connectivity index (χ0) is 16.9. The Morgan fingerprint density at radius 3 is 2.00 bits per heavy atom. The number of allylic oxidation sites excluding steroid dienone is 4. The molecule has 0 bridgehead atoms. The molecular weight excluding hydrogens is 274 g/mol. The van der Waals surface area contributed by atoms with E-state index in [1.165, 1.54) is 12.8 Å². The van der Waals surface area contributed by atoms with Crippen molar-refractivity contribution in [3.63, 3.8) is 0 Å². The average Bonchev–Trinajstić information content (AvgIpc) is 2.46. The fourth-order valence-corrected chi connectivity index (χ4v) is 2.86. The molecule has 1 aliphatic carbocycles. The Bertz CT molecular complexity index is 498. The Labute approximate surface area is 135 Å². The number of carbonyl (C=O) groups is 2. The lowest BCUT2D eigenvalue weighted by atomic mass is 9.84. The van der Waals surface area contributed by atoms with Crippen molar-refractivity contribution in [1.82, 2.24) is 4.90 Å². The van der Waals surface area contributed by atoms with Gasteiger partial charge in [0.2, 0.25) is 0 Å². The van der Waals surface area contributed by atoms with Crippen LogP contribution in [0.25, 0.3) is 0 Å². The van der Waals surface area contributed by atoms with Crippen molar-refractivity contribution in [3.8, 4) is 0 Å². The van der Waals surface area contributed by atoms with Gasteiger partial charge in [-0.1, -0.05) is 13.8 Å². The van der Waals surface area contributed by atoms with Crippen LogP contribution in [0.3, 0.4) is 0 Å². The van der Waals surface area contributed by atoms with Crippen molar-refractivity contribution in [2.24, 2.45) is 5.92 Å². The highest BCUT2D eigenvalue weighted by Crippen LogP contribution is 2.26. The minimum atomic E-state index is 0.0392. The average molecular weight is 305 g/mol. The Balaban J connectivity index is 2.48. The van der Waals surface area contributed by atoms with Crippen LogP contribution >= 0.6 is 0 Å². The van der Waals surface area contributed by atoms with Crippen molar-refractivity contribution in [2.45, 2.75) is 60.3 Å². The maximum atomic E-state index is 12.3. The summed E-state index contributed by atoms with van der Waals surface area (Å²) >= 11 is 0. The number of hydrogen-bond donors (Lipinski definition) is 0. The van der Waals surface area contributed by atoms with Crippen LogP contribution < -0.4 is 0 Å². The second kappa shape index (κ2) is 8.42. The van der Waals surface area contributed by atoms with Gasteiger partial charge in [-0.3, -0.25) is 9.59 Å². The van der Waals surface area contributed by atoms with E-state index in [4.69, 9.17) is 0 Å². The quantitative estimate of drug-likeness (QED) is 0.637. The molecule has 3 nitrogen and oxygen atoms in total. The molecule has 0 radical (unpaired) electrons. The fraction of sp³-hybridized carbons (Fsp3) is 0.684. The van der Waals surface area contributed by atoms with E-state index in [0.717, 1.165) is 31.0 Å². The summed E-state index contributed by atoms with van der Waals surface area (Å²) < 4.78 is 0. The van der Waals surface area contributed by atoms with Crippen LogP contribution in [0.1, 0.15) is 60.3 Å². The van der Waals surface area contributed by atoms with Gasteiger partial charge < -0.3 is 4.90 Å². The number of rotatable bonds is 8. The van der Waals surface area contributed by atoms with Crippen molar-refractivity contribution in [2.75, 3.05) is 20.1 Å². The third-order valence-electron chi connectivity index (χ3n) is 4.60. The second-order valence-electron chi connectivity index (χ2n) is 6.95. The van der Waals surface area contributed by atoms with E-state index in [0.29, 0.717) is 23.1 Å². The molecule has 0 spiro atoms. The maximum Gasteiger partial charge on any atom is 0.185 e. The summed E-state index contributed by atoms with van der Waals surface area (Å²) in [5.74, 6) is 0.861. The lowest BCUT2D eigenvalue weighted by Crippen LogP contribution is -2.24. The molecule has 0 aliphatic heterocycles. The fourth-order valence-electron chi connectivity index (χ4n) is 2.86. The highest BCUT2D eigenvalue weighted by Gasteiger charge is 2.27. The van der Waals surface area contributed by atoms with Crippen molar-refractivity contribution in [1.29, 1.82) is 0 Å². The third kappa shape index (κ3) is 4.91. The molecule has 0 unspecified atom stereocenters. The van der Waals surface area contributed by atoms with Crippen molar-refractivity contribution >= 4 is 11.6 Å². The Kier molecular flexibility index (Phi) is 7.21. The van der Waals surface area contributed by atoms with E-state index in [-0.39, 0.29) is 11.6 Å². The second-order valence-corrected chi connectivity index (χ2v) is 6.95. The first-order valence-corrected chi connectivity index (χ1v) is 8.40. The summed E-state index contributed by atoms with van der Waals surface area (Å²) in [6, 6.07) is 0. The molecule has 0 aromatic carbocycles. The van der Waals surface area contributed by atoms with Crippen molar-refractivity contribution in [3.05, 3.63) is 22.3 Å². The van der Waals surface area contributed by atoms with Gasteiger partial charge >= 0.3 is 0 Å². The smallest absolute Gasteiger partial charge is 0.185 e. The zero-order valence-corrected chi connectivity index (χ0v) is 15.1. The molecular formula is C19H31NO2. The van der Waals surface area contributed by atoms with Gasteiger partial charge in [0.25, 0.3) is 0 Å². The lowest BCUT2D eigenvalue weighted by Gasteiger charge is -2.20. The molecule has 0 atom stereocenters. The first-order chi connectivity index (χ1) is 10.3. The predicted molar refractivity (Wildman–Crippen MR) is 91.9 cm³/mol. The van der Waals surface area contributed by atoms with Crippen LogP contribution in [0.4, 0.5) is 0 Å². The number of Topliss-reactive ketones (excluding diaryl/α,β-unsaturated/α-hetero) is 2. The van der Waals surface area contributed by atoms with E-state index < -0.39 is 0 Å². The Hall–Kier alpha value is -1.22. The normalized spacial score (nSPS) is 16.5. The molecule has 0 saturated heterocycles. The van der Waals surface area contributed by atoms with E-state index in [1.54, 1.807) is 20.8 Å². The molecule has 0 amide bonds. The summed E-state index contributed by atoms with van der Waals surface area (Å²) in [6.45, 7) is 11.9. The van der Waals surface area contributed by atoms with Gasteiger partial charge in [-0.25, -0.2) is 0 Å². The summed E-state index contributed by atoms with van der Waals surface area (Å²) in [5, 5.41) is 0. The van der Waals surface area contributed by atoms with Crippen LogP contribution in [-0.4, -0.2) is 36.6 Å². The molecule has 0 fully saturated rings. The SMILES string of the molecule is CC1=C(C)C(=O)C(CCCN(C)CCCC(C)C)=C(C)C1=O. The lowest BCUT2D eigenvalue weighted by molar-refractivity contribution is -0.116. The topological polar surface area (TPSA) is 37.4 Å². The van der Waals surface area contributed by atoms with Crippen LogP contribution in [0.5, 0.6) is 0 Å². The first-order valence-electron chi connectivity index (χ1n) is 8.40. The van der Waals surface area contributed by atoms with Gasteiger partial charge in [0, 0.05) is 22.3 Å². The van der Waals surface area contributed by atoms with Gasteiger partial charge in [0.15, 0.2) is 11.6 Å². The minimum absolute atomic E-state index is 0.0392. The Morgan fingerprint density at radius 1 is 0.864 bits per heavy atom. The molecule has 3 heteroatoms. The van der Waals surface area contributed by atoms with Gasteiger partial charge in [-0.2, -0.15) is 0 Å². The number of nitrogens with zero attached hydrogens (tertiary/aromatic N) is 1. The molecule has 1 rings (SSSR count).